The van der Waals surface area contributed by atoms with Gasteiger partial charge in [-0.2, -0.15) is 8.75 Å². The van der Waals surface area contributed by atoms with Crippen LogP contribution in [0.4, 0.5) is 0 Å². The van der Waals surface area contributed by atoms with Crippen molar-refractivity contribution in [1.82, 2.24) is 14.1 Å². The summed E-state index contributed by atoms with van der Waals surface area (Å²) < 4.78 is 8.02. The minimum absolute atomic E-state index is 0.216. The quantitative estimate of drug-likeness (QED) is 0.662. The SMILES string of the molecule is OC1CNCC1Cc1cnsn1. The first-order chi connectivity index (χ1) is 5.86. The predicted octanol–water partition coefficient (Wildman–Crippen LogP) is -0.339. The van der Waals surface area contributed by atoms with E-state index in [0.717, 1.165) is 18.7 Å². The van der Waals surface area contributed by atoms with Crippen molar-refractivity contribution in [3.8, 4) is 0 Å². The van der Waals surface area contributed by atoms with Crippen molar-refractivity contribution in [2.75, 3.05) is 13.1 Å². The normalized spacial score (nSPS) is 29.4. The van der Waals surface area contributed by atoms with E-state index in [1.54, 1.807) is 6.20 Å². The maximum atomic E-state index is 9.48. The largest absolute Gasteiger partial charge is 0.391 e. The Kier molecular flexibility index (Phi) is 2.34. The van der Waals surface area contributed by atoms with Gasteiger partial charge in [-0.25, -0.2) is 0 Å². The molecule has 1 fully saturated rings. The van der Waals surface area contributed by atoms with E-state index in [1.165, 1.54) is 11.7 Å². The van der Waals surface area contributed by atoms with Crippen LogP contribution < -0.4 is 5.32 Å². The molecule has 0 aromatic carbocycles. The van der Waals surface area contributed by atoms with Gasteiger partial charge in [0.1, 0.15) is 0 Å². The number of rotatable bonds is 2. The van der Waals surface area contributed by atoms with Crippen molar-refractivity contribution in [1.29, 1.82) is 0 Å². The molecule has 2 atom stereocenters. The number of aromatic nitrogens is 2. The van der Waals surface area contributed by atoms with Crippen LogP contribution in [0.3, 0.4) is 0 Å². The number of aliphatic hydroxyl groups is 1. The van der Waals surface area contributed by atoms with Gasteiger partial charge in [0.25, 0.3) is 0 Å². The lowest BCUT2D eigenvalue weighted by Gasteiger charge is -2.09. The van der Waals surface area contributed by atoms with E-state index in [9.17, 15) is 5.11 Å². The maximum Gasteiger partial charge on any atom is 0.0747 e. The summed E-state index contributed by atoms with van der Waals surface area (Å²) in [5.41, 5.74) is 0.993. The molecule has 5 heteroatoms. The Morgan fingerprint density at radius 3 is 3.17 bits per heavy atom. The number of nitrogens with zero attached hydrogens (tertiary/aromatic N) is 2. The van der Waals surface area contributed by atoms with Gasteiger partial charge in [0.05, 0.1) is 29.7 Å². The fraction of sp³-hybridized carbons (Fsp3) is 0.714. The second kappa shape index (κ2) is 3.47. The molecule has 0 bridgehead atoms. The van der Waals surface area contributed by atoms with Gasteiger partial charge in [-0.15, -0.1) is 0 Å². The molecule has 1 aromatic rings. The van der Waals surface area contributed by atoms with E-state index in [1.807, 2.05) is 0 Å². The molecule has 1 aliphatic rings. The standard InChI is InChI=1S/C7H11N3OS/c11-7-4-8-2-5(7)1-6-3-9-12-10-6/h3,5,7-8,11H,1-2,4H2. The van der Waals surface area contributed by atoms with Crippen LogP contribution in [0.15, 0.2) is 6.20 Å². The van der Waals surface area contributed by atoms with Gasteiger partial charge in [0.15, 0.2) is 0 Å². The van der Waals surface area contributed by atoms with Gasteiger partial charge in [-0.3, -0.25) is 0 Å². The zero-order chi connectivity index (χ0) is 8.39. The first-order valence-electron chi connectivity index (χ1n) is 4.01. The Balaban J connectivity index is 1.95. The Bertz CT molecular complexity index is 239. The van der Waals surface area contributed by atoms with Crippen molar-refractivity contribution < 1.29 is 5.11 Å². The molecule has 2 heterocycles. The van der Waals surface area contributed by atoms with Crippen molar-refractivity contribution in [3.05, 3.63) is 11.9 Å². The Morgan fingerprint density at radius 2 is 2.58 bits per heavy atom. The van der Waals surface area contributed by atoms with Gasteiger partial charge in [0, 0.05) is 19.0 Å². The van der Waals surface area contributed by atoms with Crippen LogP contribution >= 0.6 is 11.7 Å². The first kappa shape index (κ1) is 8.10. The molecule has 0 spiro atoms. The third kappa shape index (κ3) is 1.63. The van der Waals surface area contributed by atoms with E-state index in [2.05, 4.69) is 14.1 Å². The molecule has 0 aliphatic carbocycles. The van der Waals surface area contributed by atoms with Gasteiger partial charge in [0.2, 0.25) is 0 Å². The lowest BCUT2D eigenvalue weighted by atomic mass is 10.0. The van der Waals surface area contributed by atoms with E-state index in [4.69, 9.17) is 0 Å². The van der Waals surface area contributed by atoms with Gasteiger partial charge < -0.3 is 10.4 Å². The third-order valence-corrected chi connectivity index (χ3v) is 2.70. The van der Waals surface area contributed by atoms with Crippen molar-refractivity contribution in [2.45, 2.75) is 12.5 Å². The molecule has 66 valence electrons. The van der Waals surface area contributed by atoms with Gasteiger partial charge in [-0.1, -0.05) is 0 Å². The highest BCUT2D eigenvalue weighted by Gasteiger charge is 2.25. The second-order valence-electron chi connectivity index (χ2n) is 3.09. The van der Waals surface area contributed by atoms with E-state index >= 15 is 0 Å². The zero-order valence-electron chi connectivity index (χ0n) is 6.60. The topological polar surface area (TPSA) is 58.0 Å². The Labute approximate surface area is 75.0 Å². The average molecular weight is 185 g/mol. The molecule has 2 unspecified atom stereocenters. The number of hydrogen-bond donors (Lipinski definition) is 2. The van der Waals surface area contributed by atoms with Gasteiger partial charge in [-0.05, 0) is 6.42 Å². The van der Waals surface area contributed by atoms with Crippen molar-refractivity contribution in [2.24, 2.45) is 5.92 Å². The number of aliphatic hydroxyl groups excluding tert-OH is 1. The van der Waals surface area contributed by atoms with E-state index < -0.39 is 0 Å². The van der Waals surface area contributed by atoms with Gasteiger partial charge >= 0.3 is 0 Å². The molecule has 0 saturated carbocycles. The lowest BCUT2D eigenvalue weighted by molar-refractivity contribution is 0.147. The summed E-state index contributed by atoms with van der Waals surface area (Å²) >= 11 is 1.22. The van der Waals surface area contributed by atoms with Crippen molar-refractivity contribution >= 4 is 11.7 Å². The van der Waals surface area contributed by atoms with E-state index in [-0.39, 0.29) is 6.10 Å². The highest BCUT2D eigenvalue weighted by molar-refractivity contribution is 6.99. The minimum Gasteiger partial charge on any atom is -0.391 e. The summed E-state index contributed by atoms with van der Waals surface area (Å²) in [4.78, 5) is 0. The molecule has 12 heavy (non-hydrogen) atoms. The molecular formula is C7H11N3OS. The van der Waals surface area contributed by atoms with E-state index in [0.29, 0.717) is 12.5 Å². The molecule has 2 rings (SSSR count). The van der Waals surface area contributed by atoms with Crippen LogP contribution in [-0.2, 0) is 6.42 Å². The summed E-state index contributed by atoms with van der Waals surface area (Å²) in [6.45, 7) is 1.60. The summed E-state index contributed by atoms with van der Waals surface area (Å²) in [6.07, 6.45) is 2.40. The molecule has 0 amide bonds. The van der Waals surface area contributed by atoms with Crippen LogP contribution in [-0.4, -0.2) is 33.0 Å². The summed E-state index contributed by atoms with van der Waals surface area (Å²) in [5, 5.41) is 12.6. The number of hydrogen-bond acceptors (Lipinski definition) is 5. The highest BCUT2D eigenvalue weighted by atomic mass is 32.1. The smallest absolute Gasteiger partial charge is 0.0747 e. The zero-order valence-corrected chi connectivity index (χ0v) is 7.42. The molecule has 0 radical (unpaired) electrons. The van der Waals surface area contributed by atoms with Crippen LogP contribution in [0.25, 0.3) is 0 Å². The molecule has 2 N–H and O–H groups in total. The molecule has 1 aliphatic heterocycles. The average Bonchev–Trinajstić information content (AvgIpc) is 2.65. The Hall–Kier alpha value is -0.520. The highest BCUT2D eigenvalue weighted by Crippen LogP contribution is 2.14. The van der Waals surface area contributed by atoms with Crippen molar-refractivity contribution in [3.63, 3.8) is 0 Å². The molecule has 1 saturated heterocycles. The summed E-state index contributed by atoms with van der Waals surface area (Å²) in [6, 6.07) is 0. The fourth-order valence-electron chi connectivity index (χ4n) is 1.47. The first-order valence-corrected chi connectivity index (χ1v) is 4.74. The van der Waals surface area contributed by atoms with Crippen LogP contribution in [0.1, 0.15) is 5.69 Å². The predicted molar refractivity (Wildman–Crippen MR) is 46.0 cm³/mol. The maximum absolute atomic E-state index is 9.48. The Morgan fingerprint density at radius 1 is 1.67 bits per heavy atom. The fourth-order valence-corrected chi connectivity index (χ4v) is 1.91. The van der Waals surface area contributed by atoms with Crippen LogP contribution in [0.5, 0.6) is 0 Å². The summed E-state index contributed by atoms with van der Waals surface area (Å²) in [7, 11) is 0. The number of β-amino-alcohol motifs (C(OH)–C–C–N with tert-alkyl or cyclic N) is 1. The summed E-state index contributed by atoms with van der Waals surface area (Å²) in [5.74, 6) is 0.314. The molecular weight excluding hydrogens is 174 g/mol. The number of nitrogens with one attached hydrogen (secondary N) is 1. The molecule has 4 nitrogen and oxygen atoms in total. The monoisotopic (exact) mass is 185 g/mol. The van der Waals surface area contributed by atoms with Crippen LogP contribution in [0.2, 0.25) is 0 Å². The second-order valence-corrected chi connectivity index (χ2v) is 3.65. The lowest BCUT2D eigenvalue weighted by Crippen LogP contribution is -2.19. The minimum atomic E-state index is -0.216. The third-order valence-electron chi connectivity index (χ3n) is 2.18. The molecule has 1 aromatic heterocycles. The van der Waals surface area contributed by atoms with Crippen LogP contribution in [0, 0.1) is 5.92 Å².